The number of pyridine rings is 1. The molecule has 3 heterocycles. The van der Waals surface area contributed by atoms with Crippen LogP contribution in [0, 0.1) is 0 Å². The Labute approximate surface area is 189 Å². The quantitative estimate of drug-likeness (QED) is 0.343. The van der Waals surface area contributed by atoms with Gasteiger partial charge in [0.25, 0.3) is 0 Å². The number of piperazine rings is 1. The molecule has 0 radical (unpaired) electrons. The molecule has 1 fully saturated rings. The highest BCUT2D eigenvalue weighted by molar-refractivity contribution is 14.0. The van der Waals surface area contributed by atoms with E-state index in [-0.39, 0.29) is 29.9 Å². The van der Waals surface area contributed by atoms with E-state index in [2.05, 4.69) is 30.2 Å². The molecule has 1 aliphatic heterocycles. The lowest BCUT2D eigenvalue weighted by Gasteiger charge is -2.36. The minimum Gasteiger partial charge on any atom is -0.468 e. The third kappa shape index (κ3) is 7.63. The summed E-state index contributed by atoms with van der Waals surface area (Å²) in [6.45, 7) is 3.10. The summed E-state index contributed by atoms with van der Waals surface area (Å²) in [5.74, 6) is 0.679. The minimum atomic E-state index is -4.40. The number of ether oxygens (including phenoxy) is 1. The fraction of sp³-hybridized carbons (Fsp3) is 0.500. The Hall–Kier alpha value is -2.09. The zero-order valence-electron chi connectivity index (χ0n) is 16.4. The highest BCUT2D eigenvalue weighted by Gasteiger charge is 2.28. The first-order valence-electron chi connectivity index (χ1n) is 9.14. The molecule has 166 valence electrons. The van der Waals surface area contributed by atoms with Gasteiger partial charge in [0.1, 0.15) is 6.26 Å². The smallest absolute Gasteiger partial charge is 0.422 e. The summed E-state index contributed by atoms with van der Waals surface area (Å²) in [4.78, 5) is 12.5. The largest absolute Gasteiger partial charge is 0.468 e. The van der Waals surface area contributed by atoms with E-state index in [1.807, 2.05) is 6.07 Å². The van der Waals surface area contributed by atoms with Gasteiger partial charge in [-0.2, -0.15) is 13.2 Å². The average molecular weight is 540 g/mol. The SMILES string of the molecule is CN=C(NCc1ccnc(OCC(F)(F)F)c1)N1CCN(Cc2ccon2)CC1.I. The van der Waals surface area contributed by atoms with Crippen molar-refractivity contribution in [3.63, 3.8) is 0 Å². The van der Waals surface area contributed by atoms with Crippen molar-refractivity contribution in [1.29, 1.82) is 0 Å². The normalized spacial score (nSPS) is 15.6. The number of nitrogens with one attached hydrogen (secondary N) is 1. The molecule has 30 heavy (non-hydrogen) atoms. The van der Waals surface area contributed by atoms with E-state index >= 15 is 0 Å². The number of hydrogen-bond acceptors (Lipinski definition) is 6. The van der Waals surface area contributed by atoms with Gasteiger partial charge in [-0.25, -0.2) is 4.98 Å². The number of aromatic nitrogens is 2. The molecule has 0 amide bonds. The number of alkyl halides is 3. The number of nitrogens with zero attached hydrogens (tertiary/aromatic N) is 5. The van der Waals surface area contributed by atoms with Crippen molar-refractivity contribution in [3.8, 4) is 5.88 Å². The third-order valence-electron chi connectivity index (χ3n) is 4.39. The summed E-state index contributed by atoms with van der Waals surface area (Å²) < 4.78 is 46.4. The maximum atomic E-state index is 12.3. The van der Waals surface area contributed by atoms with E-state index in [1.54, 1.807) is 19.4 Å². The molecule has 1 saturated heterocycles. The highest BCUT2D eigenvalue weighted by Crippen LogP contribution is 2.17. The Morgan fingerprint density at radius 1 is 1.27 bits per heavy atom. The van der Waals surface area contributed by atoms with Gasteiger partial charge in [-0.15, -0.1) is 24.0 Å². The summed E-state index contributed by atoms with van der Waals surface area (Å²) in [6.07, 6.45) is -1.40. The van der Waals surface area contributed by atoms with Crippen molar-refractivity contribution < 1.29 is 22.4 Å². The molecule has 0 saturated carbocycles. The van der Waals surface area contributed by atoms with Gasteiger partial charge in [0, 0.05) is 64.6 Å². The number of hydrogen-bond donors (Lipinski definition) is 1. The maximum Gasteiger partial charge on any atom is 0.422 e. The van der Waals surface area contributed by atoms with Crippen LogP contribution in [0.15, 0.2) is 40.2 Å². The molecule has 1 N–H and O–H groups in total. The van der Waals surface area contributed by atoms with Gasteiger partial charge in [0.05, 0.1) is 5.69 Å². The fourth-order valence-corrected chi connectivity index (χ4v) is 2.97. The Bertz CT molecular complexity index is 795. The van der Waals surface area contributed by atoms with Crippen molar-refractivity contribution >= 4 is 29.9 Å². The molecule has 0 unspecified atom stereocenters. The summed E-state index contributed by atoms with van der Waals surface area (Å²) in [5, 5.41) is 7.17. The minimum absolute atomic E-state index is 0. The highest BCUT2D eigenvalue weighted by atomic mass is 127. The summed E-state index contributed by atoms with van der Waals surface area (Å²) in [7, 11) is 1.70. The predicted molar refractivity (Wildman–Crippen MR) is 115 cm³/mol. The molecule has 0 atom stereocenters. The summed E-state index contributed by atoms with van der Waals surface area (Å²) in [5.41, 5.74) is 1.66. The monoisotopic (exact) mass is 540 g/mol. The van der Waals surface area contributed by atoms with Crippen LogP contribution >= 0.6 is 24.0 Å². The van der Waals surface area contributed by atoms with E-state index < -0.39 is 12.8 Å². The number of guanidine groups is 1. The van der Waals surface area contributed by atoms with E-state index in [1.165, 1.54) is 12.3 Å². The van der Waals surface area contributed by atoms with Crippen LogP contribution in [-0.2, 0) is 13.1 Å². The van der Waals surface area contributed by atoms with Gasteiger partial charge >= 0.3 is 6.18 Å². The summed E-state index contributed by atoms with van der Waals surface area (Å²) in [6, 6.07) is 5.06. The summed E-state index contributed by atoms with van der Waals surface area (Å²) >= 11 is 0. The molecule has 0 aliphatic carbocycles. The molecular formula is C18H24F3IN6O2. The second-order valence-corrected chi connectivity index (χ2v) is 6.56. The van der Waals surface area contributed by atoms with E-state index in [9.17, 15) is 13.2 Å². The van der Waals surface area contributed by atoms with Crippen LogP contribution in [0.4, 0.5) is 13.2 Å². The molecule has 12 heteroatoms. The van der Waals surface area contributed by atoms with Crippen molar-refractivity contribution in [2.24, 2.45) is 4.99 Å². The van der Waals surface area contributed by atoms with E-state index in [0.29, 0.717) is 6.54 Å². The Kier molecular flexibility index (Phi) is 9.14. The average Bonchev–Trinajstić information content (AvgIpc) is 3.21. The zero-order valence-corrected chi connectivity index (χ0v) is 18.8. The molecule has 2 aromatic rings. The van der Waals surface area contributed by atoms with E-state index in [4.69, 9.17) is 9.26 Å². The van der Waals surface area contributed by atoms with Crippen molar-refractivity contribution in [3.05, 3.63) is 41.9 Å². The van der Waals surface area contributed by atoms with Crippen LogP contribution in [0.1, 0.15) is 11.3 Å². The van der Waals surface area contributed by atoms with Crippen LogP contribution in [0.25, 0.3) is 0 Å². The predicted octanol–water partition coefficient (Wildman–Crippen LogP) is 2.52. The van der Waals surface area contributed by atoms with Crippen LogP contribution in [0.2, 0.25) is 0 Å². The van der Waals surface area contributed by atoms with Crippen molar-refractivity contribution in [2.75, 3.05) is 39.8 Å². The lowest BCUT2D eigenvalue weighted by atomic mass is 10.2. The molecule has 0 bridgehead atoms. The maximum absolute atomic E-state index is 12.3. The molecule has 0 aromatic carbocycles. The van der Waals surface area contributed by atoms with E-state index in [0.717, 1.165) is 49.9 Å². The molecule has 8 nitrogen and oxygen atoms in total. The molecule has 3 rings (SSSR count). The molecule has 2 aromatic heterocycles. The topological polar surface area (TPSA) is 79.0 Å². The van der Waals surface area contributed by atoms with Crippen LogP contribution in [-0.4, -0.2) is 71.9 Å². The standard InChI is InChI=1S/C18H23F3N6O2.HI/c1-22-17(27-7-5-26(6-8-27)12-15-3-9-29-25-15)24-11-14-2-4-23-16(10-14)28-13-18(19,20)21;/h2-4,9-10H,5-8,11-13H2,1H3,(H,22,24);1H. The molecular weight excluding hydrogens is 516 g/mol. The number of halogens is 4. The Morgan fingerprint density at radius 2 is 2.03 bits per heavy atom. The van der Waals surface area contributed by atoms with Gasteiger partial charge in [0.15, 0.2) is 12.6 Å². The Morgan fingerprint density at radius 3 is 2.67 bits per heavy atom. The first kappa shape index (κ1) is 24.2. The lowest BCUT2D eigenvalue weighted by Crippen LogP contribution is -2.52. The van der Waals surface area contributed by atoms with Gasteiger partial charge in [-0.05, 0) is 11.6 Å². The van der Waals surface area contributed by atoms with Gasteiger partial charge in [-0.1, -0.05) is 5.16 Å². The van der Waals surface area contributed by atoms with Crippen LogP contribution < -0.4 is 10.1 Å². The Balaban J connectivity index is 0.00000320. The van der Waals surface area contributed by atoms with Crippen molar-refractivity contribution in [1.82, 2.24) is 25.3 Å². The van der Waals surface area contributed by atoms with Gasteiger partial charge in [-0.3, -0.25) is 9.89 Å². The first-order chi connectivity index (χ1) is 13.9. The number of aliphatic imine (C=N–C) groups is 1. The lowest BCUT2D eigenvalue weighted by molar-refractivity contribution is -0.154. The van der Waals surface area contributed by atoms with Crippen LogP contribution in [0.5, 0.6) is 5.88 Å². The van der Waals surface area contributed by atoms with Crippen molar-refractivity contribution in [2.45, 2.75) is 19.3 Å². The third-order valence-corrected chi connectivity index (χ3v) is 4.39. The first-order valence-corrected chi connectivity index (χ1v) is 9.14. The fourth-order valence-electron chi connectivity index (χ4n) is 2.97. The molecule has 1 aliphatic rings. The second kappa shape index (κ2) is 11.3. The molecule has 0 spiro atoms. The second-order valence-electron chi connectivity index (χ2n) is 6.56. The number of rotatable bonds is 6. The van der Waals surface area contributed by atoms with Gasteiger partial charge < -0.3 is 19.5 Å². The zero-order chi connectivity index (χ0) is 20.7. The van der Waals surface area contributed by atoms with Crippen LogP contribution in [0.3, 0.4) is 0 Å². The van der Waals surface area contributed by atoms with Gasteiger partial charge in [0.2, 0.25) is 5.88 Å².